The summed E-state index contributed by atoms with van der Waals surface area (Å²) < 4.78 is 0. The summed E-state index contributed by atoms with van der Waals surface area (Å²) in [4.78, 5) is 37.7. The Balaban J connectivity index is 1.95. The molecule has 2 saturated heterocycles. The van der Waals surface area contributed by atoms with Crippen molar-refractivity contribution in [3.8, 4) is 0 Å². The highest BCUT2D eigenvalue weighted by Gasteiger charge is 2.38. The maximum Gasteiger partial charge on any atom is 0.328 e. The van der Waals surface area contributed by atoms with Crippen LogP contribution in [-0.4, -0.2) is 70.7 Å². The number of amides is 4. The molecule has 2 aliphatic heterocycles. The number of aliphatic carboxylic acids is 1. The fourth-order valence-electron chi connectivity index (χ4n) is 2.19. The van der Waals surface area contributed by atoms with Gasteiger partial charge < -0.3 is 25.5 Å². The number of rotatable bonds is 2. The Morgan fingerprint density at radius 1 is 1.42 bits per heavy atom. The van der Waals surface area contributed by atoms with Crippen LogP contribution in [0.15, 0.2) is 0 Å². The van der Waals surface area contributed by atoms with Crippen molar-refractivity contribution < 1.29 is 19.5 Å². The first-order valence-corrected chi connectivity index (χ1v) is 6.16. The van der Waals surface area contributed by atoms with Gasteiger partial charge >= 0.3 is 18.0 Å². The van der Waals surface area contributed by atoms with E-state index in [1.165, 1.54) is 13.8 Å². The van der Waals surface area contributed by atoms with Crippen molar-refractivity contribution in [2.75, 3.05) is 26.2 Å². The Labute approximate surface area is 110 Å². The molecule has 2 aliphatic rings. The fourth-order valence-corrected chi connectivity index (χ4v) is 2.19. The molecule has 0 bridgehead atoms. The molecule has 0 aromatic carbocycles. The Bertz CT molecular complexity index is 423. The van der Waals surface area contributed by atoms with Crippen LogP contribution in [0, 0.1) is 0 Å². The van der Waals surface area contributed by atoms with Gasteiger partial charge in [0.1, 0.15) is 5.54 Å². The number of nitrogens with zero attached hydrogens (tertiary/aromatic N) is 2. The lowest BCUT2D eigenvalue weighted by molar-refractivity contribution is -0.143. The van der Waals surface area contributed by atoms with Crippen molar-refractivity contribution in [2.24, 2.45) is 0 Å². The number of urea groups is 2. The van der Waals surface area contributed by atoms with Gasteiger partial charge in [0.25, 0.3) is 0 Å². The van der Waals surface area contributed by atoms with Gasteiger partial charge in [-0.3, -0.25) is 0 Å². The molecule has 0 spiro atoms. The van der Waals surface area contributed by atoms with E-state index in [2.05, 4.69) is 10.6 Å². The van der Waals surface area contributed by atoms with Crippen molar-refractivity contribution in [1.82, 2.24) is 20.4 Å². The Hall–Kier alpha value is -1.99. The van der Waals surface area contributed by atoms with Gasteiger partial charge in [0.15, 0.2) is 0 Å². The van der Waals surface area contributed by atoms with E-state index in [0.29, 0.717) is 26.2 Å². The summed E-state index contributed by atoms with van der Waals surface area (Å²) in [7, 11) is 0. The molecule has 0 aromatic rings. The van der Waals surface area contributed by atoms with Crippen molar-refractivity contribution in [2.45, 2.75) is 25.4 Å². The Morgan fingerprint density at radius 2 is 2.11 bits per heavy atom. The van der Waals surface area contributed by atoms with Gasteiger partial charge in [0.05, 0.1) is 6.04 Å². The van der Waals surface area contributed by atoms with Crippen LogP contribution >= 0.6 is 0 Å². The average Bonchev–Trinajstić information content (AvgIpc) is 2.70. The summed E-state index contributed by atoms with van der Waals surface area (Å²) >= 11 is 0. The predicted octanol–water partition coefficient (Wildman–Crippen LogP) is -0.731. The number of carbonyl (C=O) groups is 3. The molecule has 0 radical (unpaired) electrons. The van der Waals surface area contributed by atoms with Crippen molar-refractivity contribution >= 4 is 18.0 Å². The summed E-state index contributed by atoms with van der Waals surface area (Å²) in [5, 5.41) is 14.2. The molecule has 1 atom stereocenters. The second kappa shape index (κ2) is 4.60. The van der Waals surface area contributed by atoms with Crippen LogP contribution in [-0.2, 0) is 4.79 Å². The lowest BCUT2D eigenvalue weighted by Gasteiger charge is -2.37. The van der Waals surface area contributed by atoms with Crippen LogP contribution in [0.2, 0.25) is 0 Å². The zero-order chi connectivity index (χ0) is 14.2. The summed E-state index contributed by atoms with van der Waals surface area (Å²) in [6.45, 7) is 4.68. The molecule has 4 amide bonds. The lowest BCUT2D eigenvalue weighted by atomic mass is 10.1. The van der Waals surface area contributed by atoms with E-state index in [9.17, 15) is 14.4 Å². The number of hydrogen-bond donors (Lipinski definition) is 3. The number of nitrogens with one attached hydrogen (secondary N) is 2. The summed E-state index contributed by atoms with van der Waals surface area (Å²) in [5.74, 6) is -1.09. The molecule has 0 saturated carbocycles. The number of fused-ring (bicyclic) bond motifs is 1. The number of carboxylic acids is 1. The summed E-state index contributed by atoms with van der Waals surface area (Å²) in [6.07, 6.45) is 0. The van der Waals surface area contributed by atoms with Crippen molar-refractivity contribution in [3.63, 3.8) is 0 Å². The quantitative estimate of drug-likeness (QED) is 0.615. The average molecular weight is 270 g/mol. The zero-order valence-corrected chi connectivity index (χ0v) is 11.0. The molecule has 19 heavy (non-hydrogen) atoms. The zero-order valence-electron chi connectivity index (χ0n) is 11.0. The molecule has 106 valence electrons. The van der Waals surface area contributed by atoms with Crippen LogP contribution < -0.4 is 10.6 Å². The molecule has 8 heteroatoms. The van der Waals surface area contributed by atoms with Gasteiger partial charge in [-0.25, -0.2) is 14.4 Å². The highest BCUT2D eigenvalue weighted by Crippen LogP contribution is 2.15. The van der Waals surface area contributed by atoms with Crippen molar-refractivity contribution in [3.05, 3.63) is 0 Å². The SMILES string of the molecule is CC(C)(NC(=O)N1CCN2C(=O)NCC2C1)C(=O)O. The highest BCUT2D eigenvalue weighted by molar-refractivity contribution is 5.85. The maximum atomic E-state index is 12.0. The largest absolute Gasteiger partial charge is 0.480 e. The van der Waals surface area contributed by atoms with Crippen LogP contribution in [0.1, 0.15) is 13.8 Å². The van der Waals surface area contributed by atoms with E-state index in [-0.39, 0.29) is 12.1 Å². The van der Waals surface area contributed by atoms with Crippen molar-refractivity contribution in [1.29, 1.82) is 0 Å². The van der Waals surface area contributed by atoms with E-state index < -0.39 is 17.5 Å². The van der Waals surface area contributed by atoms with E-state index >= 15 is 0 Å². The van der Waals surface area contributed by atoms with Gasteiger partial charge in [-0.15, -0.1) is 0 Å². The third-order valence-electron chi connectivity index (χ3n) is 3.47. The van der Waals surface area contributed by atoms with E-state index in [4.69, 9.17) is 5.11 Å². The van der Waals surface area contributed by atoms with Crippen LogP contribution in [0.5, 0.6) is 0 Å². The molecule has 2 rings (SSSR count). The van der Waals surface area contributed by atoms with E-state index in [0.717, 1.165) is 0 Å². The molecular weight excluding hydrogens is 252 g/mol. The molecule has 2 fully saturated rings. The molecular formula is C11H18N4O4. The highest BCUT2D eigenvalue weighted by atomic mass is 16.4. The number of hydrogen-bond acceptors (Lipinski definition) is 3. The fraction of sp³-hybridized carbons (Fsp3) is 0.727. The van der Waals surface area contributed by atoms with Crippen LogP contribution in [0.4, 0.5) is 9.59 Å². The second-order valence-electron chi connectivity index (χ2n) is 5.34. The number of piperazine rings is 1. The third kappa shape index (κ3) is 2.56. The monoisotopic (exact) mass is 270 g/mol. The van der Waals surface area contributed by atoms with Crippen LogP contribution in [0.25, 0.3) is 0 Å². The Morgan fingerprint density at radius 3 is 2.74 bits per heavy atom. The lowest BCUT2D eigenvalue weighted by Crippen LogP contribution is -2.60. The van der Waals surface area contributed by atoms with E-state index in [1.807, 2.05) is 0 Å². The normalized spacial score (nSPS) is 22.8. The van der Waals surface area contributed by atoms with Gasteiger partial charge in [-0.05, 0) is 13.8 Å². The third-order valence-corrected chi connectivity index (χ3v) is 3.47. The van der Waals surface area contributed by atoms with Gasteiger partial charge in [-0.1, -0.05) is 0 Å². The smallest absolute Gasteiger partial charge is 0.328 e. The molecule has 0 aromatic heterocycles. The summed E-state index contributed by atoms with van der Waals surface area (Å²) in [5.41, 5.74) is -1.31. The molecule has 1 unspecified atom stereocenters. The van der Waals surface area contributed by atoms with Crippen LogP contribution in [0.3, 0.4) is 0 Å². The molecule has 8 nitrogen and oxygen atoms in total. The standard InChI is InChI=1S/C11H18N4O4/c1-11(2,8(16)17)13-10(19)14-3-4-15-7(6-14)5-12-9(15)18/h7H,3-6H2,1-2H3,(H,12,18)(H,13,19)(H,16,17). The molecule has 3 N–H and O–H groups in total. The van der Waals surface area contributed by atoms with Gasteiger partial charge in [-0.2, -0.15) is 0 Å². The number of carbonyl (C=O) groups excluding carboxylic acids is 2. The minimum atomic E-state index is -1.31. The minimum absolute atomic E-state index is 0.0278. The van der Waals surface area contributed by atoms with E-state index in [1.54, 1.807) is 9.80 Å². The first-order valence-electron chi connectivity index (χ1n) is 6.16. The Kier molecular flexibility index (Phi) is 3.25. The molecule has 2 heterocycles. The predicted molar refractivity (Wildman–Crippen MR) is 65.7 cm³/mol. The topological polar surface area (TPSA) is 102 Å². The minimum Gasteiger partial charge on any atom is -0.480 e. The summed E-state index contributed by atoms with van der Waals surface area (Å²) in [6, 6.07) is -0.540. The number of carboxylic acid groups (broad SMARTS) is 1. The second-order valence-corrected chi connectivity index (χ2v) is 5.34. The first-order chi connectivity index (χ1) is 8.81. The van der Waals surface area contributed by atoms with Gasteiger partial charge in [0.2, 0.25) is 0 Å². The maximum absolute atomic E-state index is 12.0. The first kappa shape index (κ1) is 13.4. The molecule has 0 aliphatic carbocycles. The van der Waals surface area contributed by atoms with Gasteiger partial charge in [0, 0.05) is 26.2 Å².